The van der Waals surface area contributed by atoms with Gasteiger partial charge in [-0.2, -0.15) is 8.42 Å². The predicted molar refractivity (Wildman–Crippen MR) is 266 cm³/mol. The molecule has 0 bridgehead atoms. The lowest BCUT2D eigenvalue weighted by molar-refractivity contribution is -0.301. The molecule has 1 fully saturated rings. The van der Waals surface area contributed by atoms with Crippen LogP contribution in [0.5, 0.6) is 0 Å². The molecule has 1 saturated heterocycles. The lowest BCUT2D eigenvalue weighted by Gasteiger charge is -2.41. The number of hydrogen-bond acceptors (Lipinski definition) is 11. The molecule has 0 saturated carbocycles. The Balaban J connectivity index is 2.33. The van der Waals surface area contributed by atoms with E-state index in [2.05, 4.69) is 78.8 Å². The molecule has 4 N–H and O–H groups in total. The molecule has 6 unspecified atom stereocenters. The van der Waals surface area contributed by atoms with Crippen LogP contribution >= 0.6 is 0 Å². The van der Waals surface area contributed by atoms with Gasteiger partial charge in [0.05, 0.1) is 19.8 Å². The molecule has 1 aliphatic heterocycles. The highest BCUT2D eigenvalue weighted by atomic mass is 32.3. The molecule has 13 heteroatoms. The van der Waals surface area contributed by atoms with Crippen LogP contribution in [-0.2, 0) is 38.3 Å². The largest absolute Gasteiger partial charge is 0.457 e. The maximum Gasteiger partial charge on any atom is 0.397 e. The van der Waals surface area contributed by atoms with Crippen molar-refractivity contribution in [1.82, 2.24) is 0 Å². The van der Waals surface area contributed by atoms with Crippen LogP contribution in [0.15, 0.2) is 60.8 Å². The van der Waals surface area contributed by atoms with Gasteiger partial charge in [-0.3, -0.25) is 9.35 Å². The van der Waals surface area contributed by atoms with Crippen LogP contribution in [0.2, 0.25) is 0 Å². The third kappa shape index (κ3) is 36.8. The van der Waals surface area contributed by atoms with E-state index in [0.29, 0.717) is 13.0 Å². The summed E-state index contributed by atoms with van der Waals surface area (Å²) in [5.74, 6) is -0.417. The summed E-state index contributed by atoms with van der Waals surface area (Å²) in [6.07, 6.45) is 46.9. The quantitative estimate of drug-likeness (QED) is 0.0197. The van der Waals surface area contributed by atoms with E-state index in [1.54, 1.807) is 0 Å². The van der Waals surface area contributed by atoms with Gasteiger partial charge in [0.2, 0.25) is 0 Å². The number of hydrogen-bond donors (Lipinski definition) is 4. The molecule has 12 nitrogen and oxygen atoms in total. The Morgan fingerprint density at radius 2 is 1.05 bits per heavy atom. The van der Waals surface area contributed by atoms with Crippen LogP contribution < -0.4 is 0 Å². The minimum atomic E-state index is -5.07. The Bertz CT molecular complexity index is 1380. The second-order valence-electron chi connectivity index (χ2n) is 17.7. The smallest absolute Gasteiger partial charge is 0.397 e. The summed E-state index contributed by atoms with van der Waals surface area (Å²) in [4.78, 5) is 12.9. The van der Waals surface area contributed by atoms with Gasteiger partial charge in [-0.25, -0.2) is 4.18 Å². The molecule has 384 valence electrons. The topological polar surface area (TPSA) is 178 Å². The summed E-state index contributed by atoms with van der Waals surface area (Å²) in [7, 11) is -5.07. The molecule has 0 aromatic heterocycles. The molecule has 6 atom stereocenters. The Morgan fingerprint density at radius 1 is 0.591 bits per heavy atom. The van der Waals surface area contributed by atoms with Gasteiger partial charge >= 0.3 is 16.4 Å². The van der Waals surface area contributed by atoms with E-state index in [1.807, 2.05) is 0 Å². The monoisotopic (exact) mass is 955 g/mol. The fraction of sp³-hybridized carbons (Fsp3) is 0.792. The van der Waals surface area contributed by atoms with Gasteiger partial charge in [-0.05, 0) is 77.0 Å². The van der Waals surface area contributed by atoms with Gasteiger partial charge in [0, 0.05) is 13.0 Å². The van der Waals surface area contributed by atoms with E-state index in [4.69, 9.17) is 18.9 Å². The lowest BCUT2D eigenvalue weighted by atomic mass is 9.99. The number of allylic oxidation sites excluding steroid dienone is 10. The average Bonchev–Trinajstić information content (AvgIpc) is 3.29. The summed E-state index contributed by atoms with van der Waals surface area (Å²) < 4.78 is 59.2. The van der Waals surface area contributed by atoms with E-state index in [9.17, 15) is 33.1 Å². The minimum Gasteiger partial charge on any atom is -0.457 e. The van der Waals surface area contributed by atoms with Gasteiger partial charge in [0.1, 0.15) is 30.5 Å². The standard InChI is InChI=1S/C53H94O12S/c1-3-5-7-9-11-13-15-17-19-20-21-22-23-24-25-26-27-29-31-33-35-37-39-41-43-61-45-47(46-62-53-51(57)52(65-66(58,59)60)50(56)48(44-54)64-53)63-49(55)42-40-38-36-34-32-30-28-18-16-14-12-10-8-6-4-2/h6,8,12,14-15,17-18,20-21,28,47-48,50-54,56-57H,3-5,7,9-11,13,16,19,22-27,29-46H2,1-2H3,(H,58,59,60)/b8-6-,14-12-,17-15-,21-20-,28-18-. The molecular weight excluding hydrogens is 861 g/mol. The first kappa shape index (κ1) is 61.8. The predicted octanol–water partition coefficient (Wildman–Crippen LogP) is 12.1. The van der Waals surface area contributed by atoms with Crippen LogP contribution in [0.4, 0.5) is 0 Å². The fourth-order valence-electron chi connectivity index (χ4n) is 7.72. The SMILES string of the molecule is CC/C=C\C/C=C\C/C=C\CCCCCCCC(=O)OC(COCCCCCCCCCCCCCC/C=C\C/C=C\CCCCCCC)COC1OC(CO)C(O)C(OS(=O)(=O)O)C1O. The van der Waals surface area contributed by atoms with E-state index >= 15 is 0 Å². The molecule has 1 heterocycles. The van der Waals surface area contributed by atoms with Crippen LogP contribution in [0.25, 0.3) is 0 Å². The number of unbranched alkanes of at least 4 members (excludes halogenated alkanes) is 22. The normalized spacial score (nSPS) is 20.0. The van der Waals surface area contributed by atoms with Crippen molar-refractivity contribution < 1.29 is 56.2 Å². The zero-order valence-electron chi connectivity index (χ0n) is 41.2. The highest BCUT2D eigenvalue weighted by molar-refractivity contribution is 7.80. The highest BCUT2D eigenvalue weighted by Crippen LogP contribution is 2.26. The van der Waals surface area contributed by atoms with E-state index in [-0.39, 0.29) is 19.6 Å². The lowest BCUT2D eigenvalue weighted by Crippen LogP contribution is -2.60. The van der Waals surface area contributed by atoms with Gasteiger partial charge in [0.25, 0.3) is 0 Å². The molecule has 0 amide bonds. The van der Waals surface area contributed by atoms with Crippen molar-refractivity contribution in [2.24, 2.45) is 0 Å². The van der Waals surface area contributed by atoms with Crippen LogP contribution in [0.3, 0.4) is 0 Å². The molecule has 0 aromatic carbocycles. The third-order valence-electron chi connectivity index (χ3n) is 11.6. The number of carbonyl (C=O) groups excluding carboxylic acids is 1. The van der Waals surface area contributed by atoms with E-state index in [1.165, 1.54) is 103 Å². The maximum absolute atomic E-state index is 12.9. The van der Waals surface area contributed by atoms with Crippen LogP contribution in [0.1, 0.15) is 206 Å². The van der Waals surface area contributed by atoms with Crippen molar-refractivity contribution in [3.63, 3.8) is 0 Å². The number of esters is 1. The zero-order valence-corrected chi connectivity index (χ0v) is 42.1. The third-order valence-corrected chi connectivity index (χ3v) is 12.1. The Hall–Kier alpha value is -2.20. The summed E-state index contributed by atoms with van der Waals surface area (Å²) in [6, 6.07) is 0. The van der Waals surface area contributed by atoms with Crippen LogP contribution in [-0.4, -0.2) is 97.5 Å². The highest BCUT2D eigenvalue weighted by Gasteiger charge is 2.48. The number of aliphatic hydroxyl groups excluding tert-OH is 3. The summed E-state index contributed by atoms with van der Waals surface area (Å²) in [5, 5.41) is 30.7. The van der Waals surface area contributed by atoms with Gasteiger partial charge < -0.3 is 34.3 Å². The molecule has 0 radical (unpaired) electrons. The molecule has 0 spiro atoms. The van der Waals surface area contributed by atoms with Crippen molar-refractivity contribution in [1.29, 1.82) is 0 Å². The van der Waals surface area contributed by atoms with Gasteiger partial charge in [-0.1, -0.05) is 184 Å². The van der Waals surface area contributed by atoms with Crippen molar-refractivity contribution in [3.05, 3.63) is 60.8 Å². The number of rotatable bonds is 45. The van der Waals surface area contributed by atoms with Crippen LogP contribution in [0, 0.1) is 0 Å². The van der Waals surface area contributed by atoms with E-state index < -0.39 is 59.8 Å². The summed E-state index contributed by atoms with van der Waals surface area (Å²) in [6.45, 7) is 3.85. The first-order valence-corrected chi connectivity index (χ1v) is 27.4. The molecule has 0 aliphatic carbocycles. The molecule has 1 aliphatic rings. The maximum atomic E-state index is 12.9. The number of carbonyl (C=O) groups is 1. The van der Waals surface area contributed by atoms with Crippen molar-refractivity contribution >= 4 is 16.4 Å². The zero-order chi connectivity index (χ0) is 48.2. The second kappa shape index (κ2) is 44.0. The van der Waals surface area contributed by atoms with E-state index in [0.717, 1.165) is 77.0 Å². The average molecular weight is 955 g/mol. The minimum absolute atomic E-state index is 0.0262. The Morgan fingerprint density at radius 3 is 1.53 bits per heavy atom. The summed E-state index contributed by atoms with van der Waals surface area (Å²) in [5.41, 5.74) is 0. The van der Waals surface area contributed by atoms with Crippen molar-refractivity contribution in [2.75, 3.05) is 26.4 Å². The summed E-state index contributed by atoms with van der Waals surface area (Å²) >= 11 is 0. The van der Waals surface area contributed by atoms with Gasteiger partial charge in [-0.15, -0.1) is 0 Å². The van der Waals surface area contributed by atoms with Crippen molar-refractivity contribution in [2.45, 2.75) is 243 Å². The van der Waals surface area contributed by atoms with Crippen molar-refractivity contribution in [3.8, 4) is 0 Å². The number of ether oxygens (including phenoxy) is 4. The Labute approximate surface area is 401 Å². The Kier molecular flexibility index (Phi) is 41.2. The molecule has 0 aromatic rings. The second-order valence-corrected chi connectivity index (χ2v) is 18.8. The molecule has 1 rings (SSSR count). The van der Waals surface area contributed by atoms with Gasteiger partial charge in [0.15, 0.2) is 6.29 Å². The fourth-order valence-corrected chi connectivity index (χ4v) is 8.23. The molecule has 66 heavy (non-hydrogen) atoms. The molecular formula is C53H94O12S. The number of aliphatic hydroxyl groups is 3. The first-order valence-electron chi connectivity index (χ1n) is 26.0. The first-order chi connectivity index (χ1) is 32.1.